The monoisotopic (exact) mass is 245 g/mol. The molecule has 0 aliphatic carbocycles. The summed E-state index contributed by atoms with van der Waals surface area (Å²) in [5.74, 6) is 0. The molecule has 1 aromatic carbocycles. The lowest BCUT2D eigenvalue weighted by Crippen LogP contribution is -2.18. The Morgan fingerprint density at radius 1 is 1.24 bits per heavy atom. The molecule has 0 bridgehead atoms. The topological polar surface area (TPSA) is 12.0 Å². The number of hydrogen-bond acceptors (Lipinski definition) is 2. The smallest absolute Gasteiger partial charge is 0.0297 e. The van der Waals surface area contributed by atoms with E-state index in [0.717, 1.165) is 6.54 Å². The summed E-state index contributed by atoms with van der Waals surface area (Å²) in [4.78, 5) is 0. The molecular weight excluding hydrogens is 226 g/mol. The lowest BCUT2D eigenvalue weighted by Gasteiger charge is -2.17. The van der Waals surface area contributed by atoms with E-state index in [0.29, 0.717) is 6.04 Å². The third kappa shape index (κ3) is 3.18. The van der Waals surface area contributed by atoms with Crippen LogP contribution in [-0.4, -0.2) is 0 Å². The molecule has 1 N–H and O–H groups in total. The number of hydrogen-bond donors (Lipinski definition) is 1. The summed E-state index contributed by atoms with van der Waals surface area (Å²) in [7, 11) is 0. The van der Waals surface area contributed by atoms with Crippen LogP contribution in [0.25, 0.3) is 0 Å². The molecule has 1 heterocycles. The Balaban J connectivity index is 2.04. The fraction of sp³-hybridized carbons (Fsp3) is 0.333. The molecule has 2 rings (SSSR count). The van der Waals surface area contributed by atoms with E-state index >= 15 is 0 Å². The Morgan fingerprint density at radius 3 is 2.76 bits per heavy atom. The molecule has 17 heavy (non-hydrogen) atoms. The Labute approximate surface area is 108 Å². The van der Waals surface area contributed by atoms with Crippen molar-refractivity contribution in [3.63, 3.8) is 0 Å². The van der Waals surface area contributed by atoms with E-state index in [2.05, 4.69) is 61.1 Å². The van der Waals surface area contributed by atoms with Crippen molar-refractivity contribution in [2.45, 2.75) is 33.4 Å². The molecule has 0 saturated carbocycles. The van der Waals surface area contributed by atoms with E-state index in [-0.39, 0.29) is 0 Å². The highest BCUT2D eigenvalue weighted by Crippen LogP contribution is 2.19. The normalized spacial score (nSPS) is 12.6. The zero-order valence-electron chi connectivity index (χ0n) is 10.7. The van der Waals surface area contributed by atoms with E-state index in [9.17, 15) is 0 Å². The second kappa shape index (κ2) is 5.48. The maximum absolute atomic E-state index is 3.58. The summed E-state index contributed by atoms with van der Waals surface area (Å²) >= 11 is 1.75. The number of nitrogens with one attached hydrogen (secondary N) is 1. The van der Waals surface area contributed by atoms with Crippen LogP contribution in [0.3, 0.4) is 0 Å². The van der Waals surface area contributed by atoms with Gasteiger partial charge < -0.3 is 5.32 Å². The number of rotatable bonds is 4. The van der Waals surface area contributed by atoms with Gasteiger partial charge in [0.2, 0.25) is 0 Å². The maximum atomic E-state index is 3.58. The van der Waals surface area contributed by atoms with Crippen molar-refractivity contribution in [1.82, 2.24) is 5.32 Å². The quantitative estimate of drug-likeness (QED) is 0.850. The third-order valence-corrected chi connectivity index (χ3v) is 3.83. The molecule has 0 fully saturated rings. The molecule has 0 spiro atoms. The van der Waals surface area contributed by atoms with Crippen molar-refractivity contribution in [1.29, 1.82) is 0 Å². The van der Waals surface area contributed by atoms with E-state index in [1.54, 1.807) is 11.3 Å². The van der Waals surface area contributed by atoms with Crippen LogP contribution in [0.5, 0.6) is 0 Å². The summed E-state index contributed by atoms with van der Waals surface area (Å²) in [5, 5.41) is 7.90. The zero-order chi connectivity index (χ0) is 12.3. The van der Waals surface area contributed by atoms with Crippen LogP contribution in [0.4, 0.5) is 0 Å². The molecule has 0 aliphatic heterocycles. The summed E-state index contributed by atoms with van der Waals surface area (Å²) in [6.07, 6.45) is 0. The van der Waals surface area contributed by atoms with Gasteiger partial charge in [0.1, 0.15) is 0 Å². The summed E-state index contributed by atoms with van der Waals surface area (Å²) in [5.41, 5.74) is 5.46. The molecule has 1 atom stereocenters. The van der Waals surface area contributed by atoms with Crippen molar-refractivity contribution in [2.75, 3.05) is 0 Å². The molecule has 2 aromatic rings. The van der Waals surface area contributed by atoms with Crippen LogP contribution in [0.15, 0.2) is 35.0 Å². The molecule has 1 unspecified atom stereocenters. The van der Waals surface area contributed by atoms with E-state index in [4.69, 9.17) is 0 Å². The number of thiophene rings is 1. The average molecular weight is 245 g/mol. The van der Waals surface area contributed by atoms with Crippen molar-refractivity contribution in [3.05, 3.63) is 57.3 Å². The van der Waals surface area contributed by atoms with Crippen LogP contribution in [0.1, 0.15) is 35.2 Å². The van der Waals surface area contributed by atoms with Crippen LogP contribution < -0.4 is 5.32 Å². The lowest BCUT2D eigenvalue weighted by atomic mass is 10.00. The first-order chi connectivity index (χ1) is 8.16. The second-order valence-corrected chi connectivity index (χ2v) is 5.37. The zero-order valence-corrected chi connectivity index (χ0v) is 11.5. The molecule has 1 aromatic heterocycles. The average Bonchev–Trinajstić information content (AvgIpc) is 2.82. The predicted octanol–water partition coefficient (Wildman–Crippen LogP) is 4.22. The van der Waals surface area contributed by atoms with Gasteiger partial charge in [-0.25, -0.2) is 0 Å². The fourth-order valence-corrected chi connectivity index (χ4v) is 2.67. The molecule has 0 amide bonds. The second-order valence-electron chi connectivity index (χ2n) is 4.59. The van der Waals surface area contributed by atoms with Gasteiger partial charge in [-0.15, -0.1) is 0 Å². The standard InChI is InChI=1S/C15H19NS/c1-11-4-5-12(2)15(8-11)13(3)16-9-14-6-7-17-10-14/h4-8,10,13,16H,9H2,1-3H3. The fourth-order valence-electron chi connectivity index (χ4n) is 2.00. The van der Waals surface area contributed by atoms with E-state index in [1.165, 1.54) is 22.3 Å². The Morgan fingerprint density at radius 2 is 2.06 bits per heavy atom. The molecule has 0 radical (unpaired) electrons. The van der Waals surface area contributed by atoms with Crippen LogP contribution in [0, 0.1) is 13.8 Å². The van der Waals surface area contributed by atoms with Crippen molar-refractivity contribution in [2.24, 2.45) is 0 Å². The van der Waals surface area contributed by atoms with Gasteiger partial charge in [-0.05, 0) is 54.3 Å². The van der Waals surface area contributed by atoms with Gasteiger partial charge >= 0.3 is 0 Å². The van der Waals surface area contributed by atoms with Gasteiger partial charge in [-0.3, -0.25) is 0 Å². The highest BCUT2D eigenvalue weighted by Gasteiger charge is 2.08. The molecule has 2 heteroatoms. The first-order valence-corrected chi connectivity index (χ1v) is 6.92. The lowest BCUT2D eigenvalue weighted by molar-refractivity contribution is 0.572. The van der Waals surface area contributed by atoms with Gasteiger partial charge in [0.05, 0.1) is 0 Å². The Hall–Kier alpha value is -1.12. The molecule has 90 valence electrons. The SMILES string of the molecule is Cc1ccc(C)c(C(C)NCc2ccsc2)c1. The first kappa shape index (κ1) is 12.3. The largest absolute Gasteiger partial charge is 0.306 e. The van der Waals surface area contributed by atoms with Gasteiger partial charge in [0.25, 0.3) is 0 Å². The highest BCUT2D eigenvalue weighted by molar-refractivity contribution is 7.07. The summed E-state index contributed by atoms with van der Waals surface area (Å²) in [6.45, 7) is 7.50. The minimum atomic E-state index is 0.398. The molecule has 0 saturated heterocycles. The Bertz CT molecular complexity index is 474. The van der Waals surface area contributed by atoms with Crippen molar-refractivity contribution in [3.8, 4) is 0 Å². The summed E-state index contributed by atoms with van der Waals surface area (Å²) < 4.78 is 0. The van der Waals surface area contributed by atoms with Crippen molar-refractivity contribution < 1.29 is 0 Å². The van der Waals surface area contributed by atoms with Crippen molar-refractivity contribution >= 4 is 11.3 Å². The van der Waals surface area contributed by atoms with Gasteiger partial charge in [0, 0.05) is 12.6 Å². The third-order valence-electron chi connectivity index (χ3n) is 3.09. The minimum Gasteiger partial charge on any atom is -0.306 e. The first-order valence-electron chi connectivity index (χ1n) is 5.98. The summed E-state index contributed by atoms with van der Waals surface area (Å²) in [6, 6.07) is 9.22. The predicted molar refractivity (Wildman–Crippen MR) is 75.5 cm³/mol. The van der Waals surface area contributed by atoms with Gasteiger partial charge in [0.15, 0.2) is 0 Å². The van der Waals surface area contributed by atoms with Crippen LogP contribution in [-0.2, 0) is 6.54 Å². The maximum Gasteiger partial charge on any atom is 0.0297 e. The number of aryl methyl sites for hydroxylation is 2. The number of benzene rings is 1. The highest BCUT2D eigenvalue weighted by atomic mass is 32.1. The minimum absolute atomic E-state index is 0.398. The van der Waals surface area contributed by atoms with Crippen LogP contribution >= 0.6 is 11.3 Å². The van der Waals surface area contributed by atoms with E-state index < -0.39 is 0 Å². The Kier molecular flexibility index (Phi) is 3.97. The van der Waals surface area contributed by atoms with E-state index in [1.807, 2.05) is 0 Å². The van der Waals surface area contributed by atoms with Gasteiger partial charge in [-0.2, -0.15) is 11.3 Å². The van der Waals surface area contributed by atoms with Gasteiger partial charge in [-0.1, -0.05) is 23.8 Å². The molecular formula is C15H19NS. The molecule has 0 aliphatic rings. The van der Waals surface area contributed by atoms with Crippen LogP contribution in [0.2, 0.25) is 0 Å². The molecule has 1 nitrogen and oxygen atoms in total.